The highest BCUT2D eigenvalue weighted by atomic mass is 32.1. The lowest BCUT2D eigenvalue weighted by molar-refractivity contribution is 0.950. The van der Waals surface area contributed by atoms with E-state index in [2.05, 4.69) is 29.0 Å². The van der Waals surface area contributed by atoms with Crippen LogP contribution in [0.3, 0.4) is 0 Å². The van der Waals surface area contributed by atoms with E-state index in [0.29, 0.717) is 5.82 Å². The monoisotopic (exact) mass is 219 g/mol. The molecule has 0 bridgehead atoms. The van der Waals surface area contributed by atoms with Gasteiger partial charge in [-0.1, -0.05) is 6.92 Å². The molecule has 0 atom stereocenters. The van der Waals surface area contributed by atoms with Crippen molar-refractivity contribution in [1.82, 2.24) is 9.97 Å². The molecular weight excluding hydrogens is 206 g/mol. The molecule has 0 saturated heterocycles. The number of nitrogen functional groups attached to an aromatic ring is 1. The minimum absolute atomic E-state index is 0.544. The van der Waals surface area contributed by atoms with Gasteiger partial charge >= 0.3 is 0 Å². The Morgan fingerprint density at radius 1 is 1.33 bits per heavy atom. The van der Waals surface area contributed by atoms with Crippen LogP contribution in [0.25, 0.3) is 10.6 Å². The first-order chi connectivity index (χ1) is 7.19. The molecule has 78 valence electrons. The Bertz CT molecular complexity index is 476. The Morgan fingerprint density at radius 2 is 2.13 bits per heavy atom. The van der Waals surface area contributed by atoms with E-state index in [9.17, 15) is 0 Å². The number of rotatable bonds is 2. The number of aryl methyl sites for hydroxylation is 2. The quantitative estimate of drug-likeness (QED) is 0.844. The highest BCUT2D eigenvalue weighted by molar-refractivity contribution is 7.15. The molecule has 0 aliphatic rings. The molecule has 15 heavy (non-hydrogen) atoms. The third-order valence-electron chi connectivity index (χ3n) is 2.10. The number of hydrogen-bond acceptors (Lipinski definition) is 4. The normalized spacial score (nSPS) is 10.5. The molecule has 0 aliphatic carbocycles. The number of hydrogen-bond donors (Lipinski definition) is 1. The Hall–Kier alpha value is -1.42. The van der Waals surface area contributed by atoms with Crippen LogP contribution in [0.4, 0.5) is 5.82 Å². The minimum atomic E-state index is 0.544. The summed E-state index contributed by atoms with van der Waals surface area (Å²) in [6.45, 7) is 4.11. The maximum Gasteiger partial charge on any atom is 0.131 e. The average Bonchev–Trinajstić information content (AvgIpc) is 2.64. The second-order valence-electron chi connectivity index (χ2n) is 3.36. The topological polar surface area (TPSA) is 51.8 Å². The molecule has 2 N–H and O–H groups in total. The van der Waals surface area contributed by atoms with Crippen molar-refractivity contribution in [3.05, 3.63) is 28.9 Å². The van der Waals surface area contributed by atoms with Crippen molar-refractivity contribution in [3.63, 3.8) is 0 Å². The summed E-state index contributed by atoms with van der Waals surface area (Å²) in [5.74, 6) is 1.35. The maximum atomic E-state index is 5.73. The van der Waals surface area contributed by atoms with Gasteiger partial charge in [0.1, 0.15) is 11.6 Å². The summed E-state index contributed by atoms with van der Waals surface area (Å²) in [4.78, 5) is 11.0. The molecule has 0 radical (unpaired) electrons. The van der Waals surface area contributed by atoms with E-state index in [1.165, 1.54) is 4.88 Å². The average molecular weight is 219 g/mol. The van der Waals surface area contributed by atoms with E-state index in [-0.39, 0.29) is 0 Å². The van der Waals surface area contributed by atoms with E-state index in [4.69, 9.17) is 5.73 Å². The lowest BCUT2D eigenvalue weighted by atomic mass is 10.3. The smallest absolute Gasteiger partial charge is 0.131 e. The summed E-state index contributed by atoms with van der Waals surface area (Å²) < 4.78 is 0. The molecule has 2 rings (SSSR count). The Morgan fingerprint density at radius 3 is 2.73 bits per heavy atom. The number of thiophene rings is 1. The molecule has 0 fully saturated rings. The van der Waals surface area contributed by atoms with Gasteiger partial charge in [-0.15, -0.1) is 11.3 Å². The molecule has 0 spiro atoms. The minimum Gasteiger partial charge on any atom is -0.384 e. The van der Waals surface area contributed by atoms with Crippen LogP contribution in [-0.4, -0.2) is 9.97 Å². The zero-order chi connectivity index (χ0) is 10.8. The van der Waals surface area contributed by atoms with Gasteiger partial charge in [-0.05, 0) is 19.1 Å². The third kappa shape index (κ3) is 2.15. The first kappa shape index (κ1) is 10.1. The number of nitrogens with zero attached hydrogens (tertiary/aromatic N) is 2. The lowest BCUT2D eigenvalue weighted by Gasteiger charge is -2.01. The van der Waals surface area contributed by atoms with Crippen LogP contribution in [0.2, 0.25) is 0 Å². The first-order valence-corrected chi connectivity index (χ1v) is 5.71. The van der Waals surface area contributed by atoms with Crippen molar-refractivity contribution < 1.29 is 0 Å². The third-order valence-corrected chi connectivity index (χ3v) is 3.12. The van der Waals surface area contributed by atoms with E-state index in [1.807, 2.05) is 13.0 Å². The van der Waals surface area contributed by atoms with Gasteiger partial charge in [0.15, 0.2) is 0 Å². The number of aromatic nitrogens is 2. The van der Waals surface area contributed by atoms with E-state index < -0.39 is 0 Å². The number of nitrogens with two attached hydrogens (primary N) is 1. The van der Waals surface area contributed by atoms with Gasteiger partial charge in [0.25, 0.3) is 0 Å². The van der Waals surface area contributed by atoms with Crippen LogP contribution in [0.15, 0.2) is 18.2 Å². The molecule has 2 heterocycles. The molecule has 0 aliphatic heterocycles. The highest BCUT2D eigenvalue weighted by Gasteiger charge is 2.05. The fourth-order valence-corrected chi connectivity index (χ4v) is 2.20. The number of anilines is 1. The molecule has 0 unspecified atom stereocenters. The van der Waals surface area contributed by atoms with E-state index in [0.717, 1.165) is 22.8 Å². The van der Waals surface area contributed by atoms with Crippen molar-refractivity contribution in [2.75, 3.05) is 5.73 Å². The SMILES string of the molecule is CCc1nc(N)cc(-c2ccc(C)s2)n1. The van der Waals surface area contributed by atoms with Crippen molar-refractivity contribution in [3.8, 4) is 10.6 Å². The fourth-order valence-electron chi connectivity index (χ4n) is 1.37. The Kier molecular flexibility index (Phi) is 2.68. The summed E-state index contributed by atoms with van der Waals surface area (Å²) >= 11 is 1.72. The predicted molar refractivity (Wildman–Crippen MR) is 63.9 cm³/mol. The predicted octanol–water partition coefficient (Wildman–Crippen LogP) is 2.66. The van der Waals surface area contributed by atoms with Gasteiger partial charge < -0.3 is 5.73 Å². The van der Waals surface area contributed by atoms with Crippen LogP contribution in [0.1, 0.15) is 17.6 Å². The van der Waals surface area contributed by atoms with Crippen LogP contribution >= 0.6 is 11.3 Å². The molecule has 0 aromatic carbocycles. The van der Waals surface area contributed by atoms with Gasteiger partial charge in [0.2, 0.25) is 0 Å². The van der Waals surface area contributed by atoms with E-state index >= 15 is 0 Å². The molecule has 3 nitrogen and oxygen atoms in total. The fraction of sp³-hybridized carbons (Fsp3) is 0.273. The van der Waals surface area contributed by atoms with Gasteiger partial charge in [0.05, 0.1) is 10.6 Å². The first-order valence-electron chi connectivity index (χ1n) is 4.89. The molecule has 2 aromatic heterocycles. The molecular formula is C11H13N3S. The largest absolute Gasteiger partial charge is 0.384 e. The Labute approximate surface area is 93.0 Å². The second kappa shape index (κ2) is 3.98. The summed E-state index contributed by atoms with van der Waals surface area (Å²) in [6, 6.07) is 5.98. The van der Waals surface area contributed by atoms with E-state index in [1.54, 1.807) is 11.3 Å². The lowest BCUT2D eigenvalue weighted by Crippen LogP contribution is -1.99. The molecule has 4 heteroatoms. The second-order valence-corrected chi connectivity index (χ2v) is 4.65. The standard InChI is InChI=1S/C11H13N3S/c1-3-11-13-8(6-10(12)14-11)9-5-4-7(2)15-9/h4-6H,3H2,1-2H3,(H2,12,13,14). The van der Waals surface area contributed by atoms with Gasteiger partial charge in [-0.25, -0.2) is 9.97 Å². The summed E-state index contributed by atoms with van der Waals surface area (Å²) in [7, 11) is 0. The van der Waals surface area contributed by atoms with Crippen molar-refractivity contribution in [1.29, 1.82) is 0 Å². The van der Waals surface area contributed by atoms with Crippen LogP contribution in [-0.2, 0) is 6.42 Å². The van der Waals surface area contributed by atoms with Gasteiger partial charge in [0, 0.05) is 17.4 Å². The summed E-state index contributed by atoms with van der Waals surface area (Å²) in [5, 5.41) is 0. The van der Waals surface area contributed by atoms with Crippen LogP contribution < -0.4 is 5.73 Å². The van der Waals surface area contributed by atoms with Gasteiger partial charge in [-0.2, -0.15) is 0 Å². The van der Waals surface area contributed by atoms with Crippen molar-refractivity contribution in [2.24, 2.45) is 0 Å². The zero-order valence-electron chi connectivity index (χ0n) is 8.82. The van der Waals surface area contributed by atoms with Crippen LogP contribution in [0.5, 0.6) is 0 Å². The van der Waals surface area contributed by atoms with Crippen molar-refractivity contribution in [2.45, 2.75) is 20.3 Å². The van der Waals surface area contributed by atoms with Gasteiger partial charge in [-0.3, -0.25) is 0 Å². The zero-order valence-corrected chi connectivity index (χ0v) is 9.64. The molecule has 2 aromatic rings. The van der Waals surface area contributed by atoms with Crippen LogP contribution in [0, 0.1) is 6.92 Å². The Balaban J connectivity index is 2.48. The summed E-state index contributed by atoms with van der Waals surface area (Å²) in [5.41, 5.74) is 6.66. The molecule has 0 saturated carbocycles. The highest BCUT2D eigenvalue weighted by Crippen LogP contribution is 2.26. The van der Waals surface area contributed by atoms with Crippen molar-refractivity contribution >= 4 is 17.2 Å². The molecule has 0 amide bonds. The summed E-state index contributed by atoms with van der Waals surface area (Å²) in [6.07, 6.45) is 0.808. The maximum absolute atomic E-state index is 5.73.